The molecule has 0 saturated carbocycles. The van der Waals surface area contributed by atoms with Crippen molar-refractivity contribution < 1.29 is 40.3 Å². The Morgan fingerprint density at radius 3 is 1.55 bits per heavy atom. The molecule has 0 aliphatic carbocycles. The number of halogens is 5. The average Bonchev–Trinajstić information content (AvgIpc) is 2.74. The highest BCUT2D eigenvalue weighted by Gasteiger charge is 2.39. The molecule has 1 aromatic carbocycles. The van der Waals surface area contributed by atoms with E-state index in [0.717, 1.165) is 38.5 Å². The number of unbranched alkanes of at least 4 members (excludes halogenated alkanes) is 7. The molecule has 180 valence electrons. The van der Waals surface area contributed by atoms with Gasteiger partial charge in [-0.25, -0.2) is 13.2 Å². The van der Waals surface area contributed by atoms with Gasteiger partial charge in [-0.05, 0) is 26.7 Å². The Hall–Kier alpha value is -1.18. The average molecular weight is 474 g/mol. The van der Waals surface area contributed by atoms with Gasteiger partial charge in [-0.2, -0.15) is 8.78 Å². The van der Waals surface area contributed by atoms with Crippen molar-refractivity contribution in [2.24, 2.45) is 0 Å². The SMILES string of the molecule is CCCCCCCCCCC(Oc1c(F)c(F)c(F)c(F)c1F)P(=O)(OCC)OCC. The second kappa shape index (κ2) is 14.1. The number of hydrogen-bond acceptors (Lipinski definition) is 4. The molecule has 1 unspecified atom stereocenters. The molecule has 0 amide bonds. The topological polar surface area (TPSA) is 44.8 Å². The minimum absolute atomic E-state index is 0.00569. The van der Waals surface area contributed by atoms with Crippen LogP contribution in [0.1, 0.15) is 78.6 Å². The fourth-order valence-corrected chi connectivity index (χ4v) is 4.98. The van der Waals surface area contributed by atoms with Crippen LogP contribution in [0.4, 0.5) is 22.0 Å². The minimum atomic E-state index is -4.04. The maximum absolute atomic E-state index is 14.1. The largest absolute Gasteiger partial charge is 0.471 e. The number of hydrogen-bond donors (Lipinski definition) is 0. The third-order valence-electron chi connectivity index (χ3n) is 4.70. The third-order valence-corrected chi connectivity index (χ3v) is 7.00. The van der Waals surface area contributed by atoms with Gasteiger partial charge in [0.2, 0.25) is 29.1 Å². The molecule has 0 radical (unpaired) electrons. The van der Waals surface area contributed by atoms with Crippen LogP contribution >= 0.6 is 7.60 Å². The first kappa shape index (κ1) is 27.9. The molecule has 1 rings (SSSR count). The van der Waals surface area contributed by atoms with E-state index >= 15 is 0 Å². The molecule has 4 nitrogen and oxygen atoms in total. The van der Waals surface area contributed by atoms with E-state index in [1.807, 2.05) is 0 Å². The Morgan fingerprint density at radius 2 is 1.10 bits per heavy atom. The van der Waals surface area contributed by atoms with Gasteiger partial charge >= 0.3 is 7.60 Å². The van der Waals surface area contributed by atoms with Crippen molar-refractivity contribution in [1.82, 2.24) is 0 Å². The van der Waals surface area contributed by atoms with Gasteiger partial charge in [-0.15, -0.1) is 0 Å². The van der Waals surface area contributed by atoms with Gasteiger partial charge in [0.15, 0.2) is 11.6 Å². The minimum Gasteiger partial charge on any atom is -0.471 e. The van der Waals surface area contributed by atoms with Crippen molar-refractivity contribution in [3.63, 3.8) is 0 Å². The molecule has 0 heterocycles. The zero-order valence-corrected chi connectivity index (χ0v) is 19.2. The Labute approximate surface area is 181 Å². The molecule has 0 spiro atoms. The summed E-state index contributed by atoms with van der Waals surface area (Å²) in [6.07, 6.45) is 7.64. The van der Waals surface area contributed by atoms with E-state index in [0.29, 0.717) is 6.42 Å². The van der Waals surface area contributed by atoms with Crippen LogP contribution < -0.4 is 4.74 Å². The highest BCUT2D eigenvalue weighted by molar-refractivity contribution is 7.54. The second-order valence-electron chi connectivity index (χ2n) is 7.11. The fourth-order valence-electron chi connectivity index (χ4n) is 3.12. The summed E-state index contributed by atoms with van der Waals surface area (Å²) < 4.78 is 97.3. The lowest BCUT2D eigenvalue weighted by Gasteiger charge is -2.27. The summed E-state index contributed by atoms with van der Waals surface area (Å²) in [7, 11) is -4.04. The molecule has 0 fully saturated rings. The standard InChI is InChI=1S/C21H32F5O4P/c1-4-7-8-9-10-11-12-13-14-15(31(27,28-5-2)29-6-3)30-21-19(25)17(23)16(22)18(24)20(21)26/h15H,4-14H2,1-3H3. The van der Waals surface area contributed by atoms with E-state index in [4.69, 9.17) is 13.8 Å². The van der Waals surface area contributed by atoms with E-state index in [-0.39, 0.29) is 19.6 Å². The van der Waals surface area contributed by atoms with E-state index in [2.05, 4.69) is 6.92 Å². The lowest BCUT2D eigenvalue weighted by Crippen LogP contribution is -2.22. The van der Waals surface area contributed by atoms with Crippen molar-refractivity contribution in [3.05, 3.63) is 29.1 Å². The third kappa shape index (κ3) is 8.03. The number of benzene rings is 1. The van der Waals surface area contributed by atoms with Crippen LogP contribution in [0.3, 0.4) is 0 Å². The van der Waals surface area contributed by atoms with Crippen LogP contribution in [0.5, 0.6) is 5.75 Å². The first-order valence-corrected chi connectivity index (χ1v) is 12.4. The molecule has 0 N–H and O–H groups in total. The highest BCUT2D eigenvalue weighted by Crippen LogP contribution is 2.55. The van der Waals surface area contributed by atoms with Crippen molar-refractivity contribution in [3.8, 4) is 5.75 Å². The Bertz CT molecular complexity index is 693. The van der Waals surface area contributed by atoms with Crippen LogP contribution in [0.15, 0.2) is 0 Å². The number of rotatable bonds is 16. The van der Waals surface area contributed by atoms with Gasteiger partial charge in [0, 0.05) is 0 Å². The molecule has 1 atom stereocenters. The summed E-state index contributed by atoms with van der Waals surface area (Å²) in [6.45, 7) is 5.10. The molecule has 0 bridgehead atoms. The van der Waals surface area contributed by atoms with Gasteiger partial charge in [0.25, 0.3) is 0 Å². The first-order chi connectivity index (χ1) is 14.7. The lowest BCUT2D eigenvalue weighted by molar-refractivity contribution is 0.145. The predicted octanol–water partition coefficient (Wildman–Crippen LogP) is 7.88. The van der Waals surface area contributed by atoms with Gasteiger partial charge in [-0.1, -0.05) is 51.9 Å². The van der Waals surface area contributed by atoms with Crippen LogP contribution in [-0.4, -0.2) is 19.1 Å². The van der Waals surface area contributed by atoms with E-state index in [9.17, 15) is 26.5 Å². The van der Waals surface area contributed by atoms with E-state index in [1.165, 1.54) is 20.3 Å². The molecule has 0 saturated heterocycles. The Kier molecular flexibility index (Phi) is 12.6. The van der Waals surface area contributed by atoms with E-state index < -0.39 is 48.3 Å². The second-order valence-corrected chi connectivity index (χ2v) is 9.28. The van der Waals surface area contributed by atoms with Gasteiger partial charge in [0.1, 0.15) is 0 Å². The molecule has 0 aromatic heterocycles. The lowest BCUT2D eigenvalue weighted by atomic mass is 10.1. The summed E-state index contributed by atoms with van der Waals surface area (Å²) >= 11 is 0. The number of ether oxygens (including phenoxy) is 1. The van der Waals surface area contributed by atoms with Crippen LogP contribution in [0, 0.1) is 29.1 Å². The van der Waals surface area contributed by atoms with E-state index in [1.54, 1.807) is 0 Å². The van der Waals surface area contributed by atoms with Crippen LogP contribution in [0.25, 0.3) is 0 Å². The molecule has 10 heteroatoms. The summed E-state index contributed by atoms with van der Waals surface area (Å²) in [4.78, 5) is 0. The van der Waals surface area contributed by atoms with Crippen molar-refractivity contribution in [2.75, 3.05) is 13.2 Å². The predicted molar refractivity (Wildman–Crippen MR) is 109 cm³/mol. The first-order valence-electron chi connectivity index (χ1n) is 10.8. The van der Waals surface area contributed by atoms with Gasteiger partial charge in [-0.3, -0.25) is 4.57 Å². The maximum atomic E-state index is 14.1. The van der Waals surface area contributed by atoms with Gasteiger partial charge < -0.3 is 13.8 Å². The summed E-state index contributed by atoms with van der Waals surface area (Å²) in [5.74, 6) is -13.8. The van der Waals surface area contributed by atoms with Gasteiger partial charge in [0.05, 0.1) is 13.2 Å². The normalized spacial score (nSPS) is 12.9. The molecule has 31 heavy (non-hydrogen) atoms. The zero-order valence-electron chi connectivity index (χ0n) is 18.3. The monoisotopic (exact) mass is 474 g/mol. The smallest absolute Gasteiger partial charge is 0.370 e. The molecule has 0 aliphatic rings. The quantitative estimate of drug-likeness (QED) is 0.0804. The Morgan fingerprint density at radius 1 is 0.677 bits per heavy atom. The molecule has 0 aliphatic heterocycles. The van der Waals surface area contributed by atoms with Crippen molar-refractivity contribution in [2.45, 2.75) is 84.4 Å². The molecular formula is C21H32F5O4P. The van der Waals surface area contributed by atoms with Crippen molar-refractivity contribution in [1.29, 1.82) is 0 Å². The maximum Gasteiger partial charge on any atom is 0.370 e. The van der Waals surface area contributed by atoms with Crippen LogP contribution in [-0.2, 0) is 13.6 Å². The summed E-state index contributed by atoms with van der Waals surface area (Å²) in [6, 6.07) is 0. The molecule has 1 aromatic rings. The highest BCUT2D eigenvalue weighted by atomic mass is 31.2. The fraction of sp³-hybridized carbons (Fsp3) is 0.714. The summed E-state index contributed by atoms with van der Waals surface area (Å²) in [5, 5.41) is 0. The van der Waals surface area contributed by atoms with Crippen LogP contribution in [0.2, 0.25) is 0 Å². The zero-order chi connectivity index (χ0) is 23.4. The molecular weight excluding hydrogens is 442 g/mol. The summed E-state index contributed by atoms with van der Waals surface area (Å²) in [5.41, 5.74) is 0. The Balaban J connectivity index is 2.98. The van der Waals surface area contributed by atoms with Crippen molar-refractivity contribution >= 4 is 7.60 Å².